The molecular weight excluding hydrogens is 338 g/mol. The van der Waals surface area contributed by atoms with Crippen molar-refractivity contribution in [3.8, 4) is 5.75 Å². The van der Waals surface area contributed by atoms with E-state index in [0.717, 1.165) is 27.2 Å². The molecule has 0 aliphatic heterocycles. The highest BCUT2D eigenvalue weighted by Crippen LogP contribution is 2.21. The van der Waals surface area contributed by atoms with Crippen molar-refractivity contribution in [2.24, 2.45) is 5.10 Å². The van der Waals surface area contributed by atoms with Gasteiger partial charge in [-0.2, -0.15) is 5.10 Å². The third-order valence-corrected chi connectivity index (χ3v) is 4.40. The zero-order valence-corrected chi connectivity index (χ0v) is 14.8. The SMILES string of the molecule is C[C@@H](Oc1ccc2ccccc2c1)C(=O)N/N=C\c1c[nH]c2ccccc12. The van der Waals surface area contributed by atoms with E-state index in [9.17, 15) is 4.79 Å². The highest BCUT2D eigenvalue weighted by Gasteiger charge is 2.14. The van der Waals surface area contributed by atoms with Gasteiger partial charge in [0.1, 0.15) is 5.75 Å². The first-order valence-corrected chi connectivity index (χ1v) is 8.75. The molecule has 0 unspecified atom stereocenters. The molecule has 0 aliphatic carbocycles. The number of aromatic amines is 1. The Morgan fingerprint density at radius 2 is 1.85 bits per heavy atom. The predicted octanol–water partition coefficient (Wildman–Crippen LogP) is 4.24. The Balaban J connectivity index is 1.40. The van der Waals surface area contributed by atoms with Gasteiger partial charge in [0.05, 0.1) is 6.21 Å². The number of aromatic nitrogens is 1. The second kappa shape index (κ2) is 7.33. The van der Waals surface area contributed by atoms with Crippen molar-refractivity contribution in [3.63, 3.8) is 0 Å². The molecule has 1 amide bonds. The van der Waals surface area contributed by atoms with Gasteiger partial charge in [0, 0.05) is 22.7 Å². The number of hydrogen-bond acceptors (Lipinski definition) is 3. The summed E-state index contributed by atoms with van der Waals surface area (Å²) < 4.78 is 5.75. The van der Waals surface area contributed by atoms with E-state index in [2.05, 4.69) is 15.5 Å². The molecule has 3 aromatic carbocycles. The van der Waals surface area contributed by atoms with Gasteiger partial charge in [-0.1, -0.05) is 48.5 Å². The van der Waals surface area contributed by atoms with Crippen molar-refractivity contribution in [2.45, 2.75) is 13.0 Å². The van der Waals surface area contributed by atoms with Crippen LogP contribution in [0.2, 0.25) is 0 Å². The first-order chi connectivity index (χ1) is 13.2. The molecule has 0 bridgehead atoms. The van der Waals surface area contributed by atoms with E-state index >= 15 is 0 Å². The number of benzene rings is 3. The average Bonchev–Trinajstić information content (AvgIpc) is 3.11. The highest BCUT2D eigenvalue weighted by atomic mass is 16.5. The quantitative estimate of drug-likeness (QED) is 0.414. The van der Waals surface area contributed by atoms with Crippen molar-refractivity contribution in [1.82, 2.24) is 10.4 Å². The lowest BCUT2D eigenvalue weighted by Gasteiger charge is -2.13. The highest BCUT2D eigenvalue weighted by molar-refractivity contribution is 5.99. The number of carbonyl (C=O) groups excluding carboxylic acids is 1. The molecule has 0 radical (unpaired) electrons. The van der Waals surface area contributed by atoms with E-state index in [0.29, 0.717) is 5.75 Å². The Kier molecular flexibility index (Phi) is 4.58. The number of carbonyl (C=O) groups is 1. The Hall–Kier alpha value is -3.60. The summed E-state index contributed by atoms with van der Waals surface area (Å²) in [5, 5.41) is 7.30. The van der Waals surface area contributed by atoms with Crippen LogP contribution in [0.15, 0.2) is 78.0 Å². The van der Waals surface area contributed by atoms with E-state index < -0.39 is 6.10 Å². The number of para-hydroxylation sites is 1. The van der Waals surface area contributed by atoms with Crippen LogP contribution in [0.3, 0.4) is 0 Å². The third kappa shape index (κ3) is 3.67. The van der Waals surface area contributed by atoms with E-state index in [-0.39, 0.29) is 5.91 Å². The molecule has 27 heavy (non-hydrogen) atoms. The number of fused-ring (bicyclic) bond motifs is 2. The van der Waals surface area contributed by atoms with Gasteiger partial charge in [-0.3, -0.25) is 4.79 Å². The second-order valence-corrected chi connectivity index (χ2v) is 6.29. The van der Waals surface area contributed by atoms with Crippen LogP contribution in [0.25, 0.3) is 21.7 Å². The molecule has 1 atom stereocenters. The van der Waals surface area contributed by atoms with Gasteiger partial charge in [0.15, 0.2) is 6.10 Å². The van der Waals surface area contributed by atoms with E-state index in [4.69, 9.17) is 4.74 Å². The Morgan fingerprint density at radius 3 is 2.74 bits per heavy atom. The number of H-pyrrole nitrogens is 1. The second-order valence-electron chi connectivity index (χ2n) is 6.29. The van der Waals surface area contributed by atoms with Crippen LogP contribution in [-0.4, -0.2) is 23.2 Å². The zero-order valence-electron chi connectivity index (χ0n) is 14.8. The zero-order chi connectivity index (χ0) is 18.6. The summed E-state index contributed by atoms with van der Waals surface area (Å²) in [6.45, 7) is 1.70. The van der Waals surface area contributed by atoms with Crippen LogP contribution in [0, 0.1) is 0 Å². The molecule has 1 heterocycles. The average molecular weight is 357 g/mol. The summed E-state index contributed by atoms with van der Waals surface area (Å²) in [4.78, 5) is 15.4. The van der Waals surface area contributed by atoms with Crippen molar-refractivity contribution in [2.75, 3.05) is 0 Å². The maximum atomic E-state index is 12.2. The number of rotatable bonds is 5. The van der Waals surface area contributed by atoms with Crippen LogP contribution >= 0.6 is 0 Å². The lowest BCUT2D eigenvalue weighted by molar-refractivity contribution is -0.127. The van der Waals surface area contributed by atoms with Crippen LogP contribution < -0.4 is 10.2 Å². The molecule has 4 rings (SSSR count). The third-order valence-electron chi connectivity index (χ3n) is 4.40. The first-order valence-electron chi connectivity index (χ1n) is 8.75. The predicted molar refractivity (Wildman–Crippen MR) is 108 cm³/mol. The van der Waals surface area contributed by atoms with Gasteiger partial charge in [-0.25, -0.2) is 5.43 Å². The van der Waals surface area contributed by atoms with Crippen molar-refractivity contribution < 1.29 is 9.53 Å². The lowest BCUT2D eigenvalue weighted by Crippen LogP contribution is -2.33. The van der Waals surface area contributed by atoms with Gasteiger partial charge >= 0.3 is 0 Å². The van der Waals surface area contributed by atoms with Crippen molar-refractivity contribution in [1.29, 1.82) is 0 Å². The summed E-state index contributed by atoms with van der Waals surface area (Å²) in [7, 11) is 0. The number of nitrogens with zero attached hydrogens (tertiary/aromatic N) is 1. The van der Waals surface area contributed by atoms with Gasteiger partial charge in [-0.05, 0) is 35.9 Å². The molecule has 2 N–H and O–H groups in total. The summed E-state index contributed by atoms with van der Waals surface area (Å²) in [5.74, 6) is 0.344. The van der Waals surface area contributed by atoms with Crippen LogP contribution in [0.4, 0.5) is 0 Å². The van der Waals surface area contributed by atoms with E-state index in [1.165, 1.54) is 0 Å². The molecule has 5 nitrogen and oxygen atoms in total. The molecule has 134 valence electrons. The Labute approximate surface area is 156 Å². The van der Waals surface area contributed by atoms with Crippen molar-refractivity contribution in [3.05, 3.63) is 78.5 Å². The molecular formula is C22H19N3O2. The topological polar surface area (TPSA) is 66.5 Å². The lowest BCUT2D eigenvalue weighted by atomic mass is 10.1. The van der Waals surface area contributed by atoms with Crippen LogP contribution in [0.1, 0.15) is 12.5 Å². The smallest absolute Gasteiger partial charge is 0.280 e. The van der Waals surface area contributed by atoms with E-state index in [1.54, 1.807) is 13.1 Å². The summed E-state index contributed by atoms with van der Waals surface area (Å²) >= 11 is 0. The molecule has 5 heteroatoms. The molecule has 0 saturated carbocycles. The van der Waals surface area contributed by atoms with Gasteiger partial charge in [0.2, 0.25) is 0 Å². The number of ether oxygens (including phenoxy) is 1. The standard InChI is InChI=1S/C22H19N3O2/c1-15(27-19-11-10-16-6-2-3-7-17(16)12-19)22(26)25-24-14-18-13-23-21-9-5-4-8-20(18)21/h2-15,23H,1H3,(H,25,26)/b24-14-/t15-/m1/s1. The minimum absolute atomic E-state index is 0.306. The van der Waals surface area contributed by atoms with Gasteiger partial charge in [0.25, 0.3) is 5.91 Å². The molecule has 0 fully saturated rings. The largest absolute Gasteiger partial charge is 0.481 e. The maximum Gasteiger partial charge on any atom is 0.280 e. The van der Waals surface area contributed by atoms with E-state index in [1.807, 2.05) is 72.9 Å². The monoisotopic (exact) mass is 357 g/mol. The first kappa shape index (κ1) is 16.8. The Bertz CT molecular complexity index is 1130. The maximum absolute atomic E-state index is 12.2. The molecule has 0 saturated heterocycles. The fraction of sp³-hybridized carbons (Fsp3) is 0.0909. The van der Waals surface area contributed by atoms with Gasteiger partial charge in [-0.15, -0.1) is 0 Å². The number of hydrogen-bond donors (Lipinski definition) is 2. The minimum atomic E-state index is -0.661. The van der Waals surface area contributed by atoms with Gasteiger partial charge < -0.3 is 9.72 Å². The van der Waals surface area contributed by atoms with Crippen LogP contribution in [-0.2, 0) is 4.79 Å². The van der Waals surface area contributed by atoms with Crippen LogP contribution in [0.5, 0.6) is 5.75 Å². The summed E-state index contributed by atoms with van der Waals surface area (Å²) in [5.41, 5.74) is 4.47. The fourth-order valence-electron chi connectivity index (χ4n) is 2.96. The summed E-state index contributed by atoms with van der Waals surface area (Å²) in [6.07, 6.45) is 2.82. The normalized spacial score (nSPS) is 12.5. The fourth-order valence-corrected chi connectivity index (χ4v) is 2.96. The minimum Gasteiger partial charge on any atom is -0.481 e. The molecule has 0 spiro atoms. The molecule has 4 aromatic rings. The number of amides is 1. The van der Waals surface area contributed by atoms with Crippen molar-refractivity contribution >= 4 is 33.8 Å². The molecule has 1 aromatic heterocycles. The summed E-state index contributed by atoms with van der Waals surface area (Å²) in [6, 6.07) is 21.7. The molecule has 0 aliphatic rings. The Morgan fingerprint density at radius 1 is 1.07 bits per heavy atom. The number of hydrazone groups is 1. The number of nitrogens with one attached hydrogen (secondary N) is 2.